The zero-order valence-electron chi connectivity index (χ0n) is 10.5. The Labute approximate surface area is 113 Å². The van der Waals surface area contributed by atoms with Crippen LogP contribution < -0.4 is 11.4 Å². The molecule has 1 aromatic heterocycles. The maximum atomic E-state index is 12.4. The van der Waals surface area contributed by atoms with Crippen molar-refractivity contribution in [3.05, 3.63) is 39.9 Å². The molecule has 0 atom stereocenters. The lowest BCUT2D eigenvalue weighted by atomic mass is 10.1. The summed E-state index contributed by atoms with van der Waals surface area (Å²) in [6.07, 6.45) is 1.44. The lowest BCUT2D eigenvalue weighted by Crippen LogP contribution is -2.32. The molecule has 0 radical (unpaired) electrons. The van der Waals surface area contributed by atoms with E-state index in [1.54, 1.807) is 0 Å². The van der Waals surface area contributed by atoms with Crippen LogP contribution >= 0.6 is 0 Å². The molecule has 0 unspecified atom stereocenters. The summed E-state index contributed by atoms with van der Waals surface area (Å²) >= 11 is 0. The number of benzene rings is 1. The van der Waals surface area contributed by atoms with Gasteiger partial charge >= 0.3 is 5.97 Å². The minimum atomic E-state index is -1.06. The second-order valence-electron chi connectivity index (χ2n) is 4.61. The molecule has 1 aromatic carbocycles. The van der Waals surface area contributed by atoms with E-state index in [1.165, 1.54) is 22.8 Å². The molecule has 3 N–H and O–H groups in total. The van der Waals surface area contributed by atoms with Crippen LogP contribution in [0.3, 0.4) is 0 Å². The second-order valence-corrected chi connectivity index (χ2v) is 4.61. The highest BCUT2D eigenvalue weighted by molar-refractivity contribution is 6.00. The van der Waals surface area contributed by atoms with Gasteiger partial charge in [-0.1, -0.05) is 0 Å². The van der Waals surface area contributed by atoms with Crippen LogP contribution in [0.4, 0.5) is 0 Å². The van der Waals surface area contributed by atoms with E-state index in [0.717, 1.165) is 6.42 Å². The zero-order chi connectivity index (χ0) is 14.3. The SMILES string of the molecule is NN=C1CCCn2c1nc1cc(C(=O)O)ccc1c2=O. The second kappa shape index (κ2) is 4.44. The molecular weight excluding hydrogens is 260 g/mol. The predicted molar refractivity (Wildman–Crippen MR) is 72.9 cm³/mol. The molecule has 1 aliphatic rings. The lowest BCUT2D eigenvalue weighted by molar-refractivity contribution is 0.0697. The van der Waals surface area contributed by atoms with Crippen LogP contribution in [0.1, 0.15) is 29.0 Å². The summed E-state index contributed by atoms with van der Waals surface area (Å²) in [6.45, 7) is 0.566. The Morgan fingerprint density at radius 3 is 2.95 bits per heavy atom. The number of fused-ring (bicyclic) bond motifs is 2. The molecule has 0 spiro atoms. The van der Waals surface area contributed by atoms with Gasteiger partial charge in [0.2, 0.25) is 0 Å². The topological polar surface area (TPSA) is 111 Å². The van der Waals surface area contributed by atoms with Crippen molar-refractivity contribution in [2.24, 2.45) is 10.9 Å². The van der Waals surface area contributed by atoms with Crippen molar-refractivity contribution < 1.29 is 9.90 Å². The van der Waals surface area contributed by atoms with Crippen molar-refractivity contribution in [3.63, 3.8) is 0 Å². The summed E-state index contributed by atoms with van der Waals surface area (Å²) < 4.78 is 1.54. The molecule has 1 aliphatic heterocycles. The number of hydrogen-bond donors (Lipinski definition) is 2. The molecule has 0 aliphatic carbocycles. The molecule has 102 valence electrons. The first-order valence-corrected chi connectivity index (χ1v) is 6.17. The molecule has 0 amide bonds. The van der Waals surface area contributed by atoms with Gasteiger partial charge in [0.05, 0.1) is 16.5 Å². The molecule has 7 nitrogen and oxygen atoms in total. The Bertz CT molecular complexity index is 807. The first kappa shape index (κ1) is 12.3. The molecule has 2 aromatic rings. The monoisotopic (exact) mass is 272 g/mol. The van der Waals surface area contributed by atoms with Crippen molar-refractivity contribution in [1.29, 1.82) is 0 Å². The first-order chi connectivity index (χ1) is 9.61. The van der Waals surface area contributed by atoms with E-state index in [1.807, 2.05) is 0 Å². The lowest BCUT2D eigenvalue weighted by Gasteiger charge is -2.19. The highest BCUT2D eigenvalue weighted by Gasteiger charge is 2.20. The smallest absolute Gasteiger partial charge is 0.335 e. The van der Waals surface area contributed by atoms with Gasteiger partial charge in [-0.05, 0) is 31.0 Å². The maximum Gasteiger partial charge on any atom is 0.335 e. The Kier molecular flexibility index (Phi) is 2.74. The fraction of sp³-hybridized carbons (Fsp3) is 0.231. The third-order valence-electron chi connectivity index (χ3n) is 3.41. The number of aromatic nitrogens is 2. The van der Waals surface area contributed by atoms with Gasteiger partial charge in [0, 0.05) is 6.54 Å². The van der Waals surface area contributed by atoms with Gasteiger partial charge in [0.25, 0.3) is 5.56 Å². The number of nitrogens with zero attached hydrogens (tertiary/aromatic N) is 3. The molecule has 0 fully saturated rings. The van der Waals surface area contributed by atoms with Crippen LogP contribution in [0.2, 0.25) is 0 Å². The molecular formula is C13H12N4O3. The van der Waals surface area contributed by atoms with E-state index in [0.29, 0.717) is 35.4 Å². The van der Waals surface area contributed by atoms with E-state index in [2.05, 4.69) is 10.1 Å². The molecule has 0 saturated carbocycles. The summed E-state index contributed by atoms with van der Waals surface area (Å²) in [5, 5.41) is 13.1. The van der Waals surface area contributed by atoms with Gasteiger partial charge in [-0.25, -0.2) is 9.78 Å². The maximum absolute atomic E-state index is 12.4. The highest BCUT2D eigenvalue weighted by atomic mass is 16.4. The van der Waals surface area contributed by atoms with Crippen molar-refractivity contribution in [3.8, 4) is 0 Å². The van der Waals surface area contributed by atoms with E-state index in [9.17, 15) is 9.59 Å². The Morgan fingerprint density at radius 2 is 2.25 bits per heavy atom. The van der Waals surface area contributed by atoms with Crippen LogP contribution in [-0.2, 0) is 6.54 Å². The molecule has 0 saturated heterocycles. The molecule has 0 bridgehead atoms. The summed E-state index contributed by atoms with van der Waals surface area (Å²) in [5.74, 6) is 4.70. The van der Waals surface area contributed by atoms with Crippen molar-refractivity contribution >= 4 is 22.6 Å². The van der Waals surface area contributed by atoms with E-state index in [4.69, 9.17) is 10.9 Å². The van der Waals surface area contributed by atoms with Gasteiger partial charge in [-0.2, -0.15) is 5.10 Å². The van der Waals surface area contributed by atoms with E-state index >= 15 is 0 Å². The number of hydrazone groups is 1. The van der Waals surface area contributed by atoms with Gasteiger partial charge in [-0.3, -0.25) is 9.36 Å². The van der Waals surface area contributed by atoms with Crippen LogP contribution in [-0.4, -0.2) is 26.3 Å². The molecule has 7 heteroatoms. The summed E-state index contributed by atoms with van der Waals surface area (Å²) in [7, 11) is 0. The van der Waals surface area contributed by atoms with Gasteiger partial charge in [0.1, 0.15) is 5.71 Å². The summed E-state index contributed by atoms with van der Waals surface area (Å²) in [5.41, 5.74) is 0.819. The van der Waals surface area contributed by atoms with E-state index in [-0.39, 0.29) is 11.1 Å². The van der Waals surface area contributed by atoms with Gasteiger partial charge < -0.3 is 10.9 Å². The van der Waals surface area contributed by atoms with Crippen LogP contribution in [0.25, 0.3) is 10.9 Å². The predicted octanol–water partition coefficient (Wildman–Crippen LogP) is 0.551. The fourth-order valence-electron chi connectivity index (χ4n) is 2.42. The minimum Gasteiger partial charge on any atom is -0.478 e. The minimum absolute atomic E-state index is 0.0939. The summed E-state index contributed by atoms with van der Waals surface area (Å²) in [4.78, 5) is 27.7. The number of carboxylic acid groups (broad SMARTS) is 1. The Morgan fingerprint density at radius 1 is 1.45 bits per heavy atom. The quantitative estimate of drug-likeness (QED) is 0.581. The number of carbonyl (C=O) groups is 1. The van der Waals surface area contributed by atoms with E-state index < -0.39 is 5.97 Å². The standard InChI is InChI=1S/C13H12N4O3/c14-16-9-2-1-5-17-11(9)15-10-6-7(13(19)20)3-4-8(10)12(17)18/h3-4,6H,1-2,5,14H2,(H,19,20). The average molecular weight is 272 g/mol. The largest absolute Gasteiger partial charge is 0.478 e. The van der Waals surface area contributed by atoms with Crippen LogP contribution in [0.5, 0.6) is 0 Å². The van der Waals surface area contributed by atoms with Crippen molar-refractivity contribution in [2.75, 3.05) is 0 Å². The van der Waals surface area contributed by atoms with Gasteiger partial charge in [-0.15, -0.1) is 0 Å². The van der Waals surface area contributed by atoms with Crippen LogP contribution in [0, 0.1) is 0 Å². The number of aromatic carboxylic acids is 1. The number of carboxylic acids is 1. The first-order valence-electron chi connectivity index (χ1n) is 6.17. The highest BCUT2D eigenvalue weighted by Crippen LogP contribution is 2.16. The molecule has 2 heterocycles. The Balaban J connectivity index is 2.36. The number of nitrogens with two attached hydrogens (primary N) is 1. The Hall–Kier alpha value is -2.70. The molecule has 20 heavy (non-hydrogen) atoms. The van der Waals surface area contributed by atoms with Crippen molar-refractivity contribution in [1.82, 2.24) is 9.55 Å². The molecule has 3 rings (SSSR count). The summed E-state index contributed by atoms with van der Waals surface area (Å²) in [6, 6.07) is 4.29. The normalized spacial score (nSPS) is 16.3. The van der Waals surface area contributed by atoms with Crippen LogP contribution in [0.15, 0.2) is 28.1 Å². The average Bonchev–Trinajstić information content (AvgIpc) is 2.46. The third kappa shape index (κ3) is 1.75. The number of rotatable bonds is 1. The fourth-order valence-corrected chi connectivity index (χ4v) is 2.42. The van der Waals surface area contributed by atoms with Gasteiger partial charge in [0.15, 0.2) is 5.82 Å². The van der Waals surface area contributed by atoms with Crippen molar-refractivity contribution in [2.45, 2.75) is 19.4 Å². The third-order valence-corrected chi connectivity index (χ3v) is 3.41. The number of hydrogen-bond acceptors (Lipinski definition) is 5. The zero-order valence-corrected chi connectivity index (χ0v) is 10.5.